The molecule has 0 amide bonds. The predicted octanol–water partition coefficient (Wildman–Crippen LogP) is 7.28. The van der Waals surface area contributed by atoms with Crippen LogP contribution in [0.15, 0.2) is 12.2 Å². The molecule has 0 aliphatic heterocycles. The fourth-order valence-electron chi connectivity index (χ4n) is 3.64. The molecular formula is C28H53NO4. The van der Waals surface area contributed by atoms with E-state index in [9.17, 15) is 9.59 Å². The van der Waals surface area contributed by atoms with E-state index in [1.807, 2.05) is 0 Å². The molecule has 0 aliphatic rings. The van der Waals surface area contributed by atoms with Crippen LogP contribution in [0.4, 0.5) is 0 Å². The van der Waals surface area contributed by atoms with Gasteiger partial charge in [-0.05, 0) is 32.1 Å². The molecule has 0 aromatic heterocycles. The van der Waals surface area contributed by atoms with E-state index in [2.05, 4.69) is 45.2 Å². The van der Waals surface area contributed by atoms with Gasteiger partial charge in [0.15, 0.2) is 0 Å². The molecule has 5 heteroatoms. The quantitative estimate of drug-likeness (QED) is 0.0972. The van der Waals surface area contributed by atoms with Crippen LogP contribution >= 0.6 is 0 Å². The molecule has 0 spiro atoms. The Kier molecular flexibility index (Phi) is 22.8. The monoisotopic (exact) mass is 467 g/mol. The van der Waals surface area contributed by atoms with Gasteiger partial charge in [0.05, 0.1) is 0 Å². The highest BCUT2D eigenvalue weighted by atomic mass is 16.5. The Morgan fingerprint density at radius 3 is 2.12 bits per heavy atom. The molecule has 0 heterocycles. The molecule has 5 nitrogen and oxygen atoms in total. The largest absolute Gasteiger partial charge is 0.464 e. The van der Waals surface area contributed by atoms with E-state index in [1.165, 1.54) is 57.8 Å². The molecule has 0 saturated heterocycles. The zero-order valence-electron chi connectivity index (χ0n) is 22.2. The van der Waals surface area contributed by atoms with E-state index in [0.717, 1.165) is 25.7 Å². The van der Waals surface area contributed by atoms with Gasteiger partial charge < -0.3 is 14.8 Å². The second-order valence-corrected chi connectivity index (χ2v) is 9.41. The van der Waals surface area contributed by atoms with Crippen molar-refractivity contribution in [2.75, 3.05) is 13.2 Å². The third-order valence-corrected chi connectivity index (χ3v) is 5.65. The molecule has 0 aromatic rings. The Hall–Kier alpha value is -1.36. The van der Waals surface area contributed by atoms with E-state index in [-0.39, 0.29) is 30.9 Å². The van der Waals surface area contributed by atoms with Crippen molar-refractivity contribution >= 4 is 11.9 Å². The summed E-state index contributed by atoms with van der Waals surface area (Å²) >= 11 is 0. The molecule has 1 unspecified atom stereocenters. The van der Waals surface area contributed by atoms with Crippen molar-refractivity contribution in [3.8, 4) is 0 Å². The Bertz CT molecular complexity index is 490. The Morgan fingerprint density at radius 1 is 0.788 bits per heavy atom. The maximum absolute atomic E-state index is 12.3. The first-order valence-corrected chi connectivity index (χ1v) is 13.7. The molecule has 0 saturated carbocycles. The first kappa shape index (κ1) is 31.6. The third-order valence-electron chi connectivity index (χ3n) is 5.65. The summed E-state index contributed by atoms with van der Waals surface area (Å²) < 4.78 is 10.9. The average Bonchev–Trinajstić information content (AvgIpc) is 2.78. The maximum Gasteiger partial charge on any atom is 0.306 e. The first-order chi connectivity index (χ1) is 16.0. The van der Waals surface area contributed by atoms with Gasteiger partial charge in [-0.25, -0.2) is 0 Å². The molecule has 0 fully saturated rings. The van der Waals surface area contributed by atoms with Crippen LogP contribution in [-0.4, -0.2) is 37.2 Å². The smallest absolute Gasteiger partial charge is 0.306 e. The Balaban J connectivity index is 4.13. The summed E-state index contributed by atoms with van der Waals surface area (Å²) in [5.74, 6) is -0.448. The van der Waals surface area contributed by atoms with E-state index in [1.54, 1.807) is 0 Å². The molecule has 0 aromatic carbocycles. The summed E-state index contributed by atoms with van der Waals surface area (Å²) in [4.78, 5) is 24.1. The summed E-state index contributed by atoms with van der Waals surface area (Å²) in [5, 5.41) is 3.20. The Morgan fingerprint density at radius 2 is 1.42 bits per heavy atom. The highest BCUT2D eigenvalue weighted by molar-refractivity contribution is 5.72. The van der Waals surface area contributed by atoms with E-state index in [0.29, 0.717) is 25.6 Å². The molecule has 33 heavy (non-hydrogen) atoms. The minimum Gasteiger partial charge on any atom is -0.464 e. The lowest BCUT2D eigenvalue weighted by Crippen LogP contribution is -2.27. The lowest BCUT2D eigenvalue weighted by Gasteiger charge is -2.16. The van der Waals surface area contributed by atoms with Gasteiger partial charge in [0.1, 0.15) is 12.7 Å². The minimum atomic E-state index is -0.248. The number of hydrogen-bond donors (Lipinski definition) is 1. The summed E-state index contributed by atoms with van der Waals surface area (Å²) in [6.45, 7) is 9.57. The van der Waals surface area contributed by atoms with Crippen LogP contribution in [0.1, 0.15) is 130 Å². The molecule has 0 radical (unpaired) electrons. The number of rotatable bonds is 23. The van der Waals surface area contributed by atoms with E-state index < -0.39 is 0 Å². The van der Waals surface area contributed by atoms with Crippen molar-refractivity contribution in [2.45, 2.75) is 143 Å². The number of ether oxygens (including phenoxy) is 2. The predicted molar refractivity (Wildman–Crippen MR) is 138 cm³/mol. The Labute approximate surface area is 204 Å². The normalized spacial score (nSPS) is 12.4. The van der Waals surface area contributed by atoms with Gasteiger partial charge in [0.25, 0.3) is 0 Å². The summed E-state index contributed by atoms with van der Waals surface area (Å²) in [6, 6.07) is 0.374. The third kappa shape index (κ3) is 23.6. The second-order valence-electron chi connectivity index (χ2n) is 9.41. The van der Waals surface area contributed by atoms with Crippen LogP contribution in [0.3, 0.4) is 0 Å². The molecule has 0 rings (SSSR count). The van der Waals surface area contributed by atoms with Gasteiger partial charge in [0.2, 0.25) is 0 Å². The number of nitrogens with one attached hydrogen (secondary N) is 1. The van der Waals surface area contributed by atoms with Crippen LogP contribution < -0.4 is 5.32 Å². The fraction of sp³-hybridized carbons (Fsp3) is 0.857. The SMILES string of the molecule is CCCCCCCC/C=C\CC(CCCCCC)OC(=O)CCCC(=O)OCCNC(C)C. The van der Waals surface area contributed by atoms with Crippen LogP contribution in [0.25, 0.3) is 0 Å². The lowest BCUT2D eigenvalue weighted by atomic mass is 10.1. The van der Waals surface area contributed by atoms with Gasteiger partial charge in [-0.3, -0.25) is 9.59 Å². The average molecular weight is 468 g/mol. The summed E-state index contributed by atoms with van der Waals surface area (Å²) in [5.41, 5.74) is 0. The number of allylic oxidation sites excluding steroid dienone is 1. The number of esters is 2. The van der Waals surface area contributed by atoms with Crippen molar-refractivity contribution in [1.29, 1.82) is 0 Å². The number of unbranched alkanes of at least 4 members (excludes halogenated alkanes) is 9. The van der Waals surface area contributed by atoms with E-state index in [4.69, 9.17) is 9.47 Å². The number of carbonyl (C=O) groups is 2. The maximum atomic E-state index is 12.3. The first-order valence-electron chi connectivity index (χ1n) is 13.7. The summed E-state index contributed by atoms with van der Waals surface area (Å²) in [6.07, 6.45) is 20.8. The van der Waals surface area contributed by atoms with Crippen molar-refractivity contribution in [2.24, 2.45) is 0 Å². The van der Waals surface area contributed by atoms with Gasteiger partial charge in [-0.1, -0.05) is 91.2 Å². The standard InChI is InChI=1S/C28H53NO4/c1-5-7-9-11-12-13-14-15-17-20-26(19-16-10-8-6-2)33-28(31)22-18-21-27(30)32-24-23-29-25(3)4/h15,17,25-26,29H,5-14,16,18-24H2,1-4H3/b17-15-. The highest BCUT2D eigenvalue weighted by Gasteiger charge is 2.14. The zero-order valence-corrected chi connectivity index (χ0v) is 22.2. The van der Waals surface area contributed by atoms with Gasteiger partial charge in [0, 0.05) is 31.8 Å². The molecule has 1 atom stereocenters. The zero-order chi connectivity index (χ0) is 24.6. The molecule has 1 N–H and O–H groups in total. The molecule has 0 bridgehead atoms. The molecule has 194 valence electrons. The van der Waals surface area contributed by atoms with Crippen LogP contribution in [0.5, 0.6) is 0 Å². The van der Waals surface area contributed by atoms with Gasteiger partial charge in [-0.15, -0.1) is 0 Å². The molecular weight excluding hydrogens is 414 g/mol. The number of carbonyl (C=O) groups excluding carboxylic acids is 2. The van der Waals surface area contributed by atoms with Crippen molar-refractivity contribution < 1.29 is 19.1 Å². The minimum absolute atomic E-state index is 0.0516. The van der Waals surface area contributed by atoms with Gasteiger partial charge >= 0.3 is 11.9 Å². The van der Waals surface area contributed by atoms with Crippen molar-refractivity contribution in [3.05, 3.63) is 12.2 Å². The molecule has 0 aliphatic carbocycles. The van der Waals surface area contributed by atoms with Crippen LogP contribution in [0, 0.1) is 0 Å². The van der Waals surface area contributed by atoms with Crippen molar-refractivity contribution in [3.63, 3.8) is 0 Å². The topological polar surface area (TPSA) is 64.6 Å². The number of hydrogen-bond acceptors (Lipinski definition) is 5. The van der Waals surface area contributed by atoms with E-state index >= 15 is 0 Å². The fourth-order valence-corrected chi connectivity index (χ4v) is 3.64. The summed E-state index contributed by atoms with van der Waals surface area (Å²) in [7, 11) is 0. The highest BCUT2D eigenvalue weighted by Crippen LogP contribution is 2.15. The van der Waals surface area contributed by atoms with Crippen LogP contribution in [0.2, 0.25) is 0 Å². The van der Waals surface area contributed by atoms with Gasteiger partial charge in [-0.2, -0.15) is 0 Å². The van der Waals surface area contributed by atoms with Crippen molar-refractivity contribution in [1.82, 2.24) is 5.32 Å². The lowest BCUT2D eigenvalue weighted by molar-refractivity contribution is -0.149. The van der Waals surface area contributed by atoms with Crippen LogP contribution in [-0.2, 0) is 19.1 Å². The second kappa shape index (κ2) is 23.8.